The highest BCUT2D eigenvalue weighted by Crippen LogP contribution is 2.07. The highest BCUT2D eigenvalue weighted by molar-refractivity contribution is 5.20. The predicted octanol–water partition coefficient (Wildman–Crippen LogP) is 0.176. The van der Waals surface area contributed by atoms with Crippen LogP contribution in [0.3, 0.4) is 0 Å². The fourth-order valence-electron chi connectivity index (χ4n) is 2.34. The predicted molar refractivity (Wildman–Crippen MR) is 70.8 cm³/mol. The zero-order chi connectivity index (χ0) is 13.1. The molecular formula is C13H17N5O. The zero-order valence-corrected chi connectivity index (χ0v) is 10.7. The van der Waals surface area contributed by atoms with Crippen molar-refractivity contribution in [3.8, 4) is 0 Å². The highest BCUT2D eigenvalue weighted by atomic mass is 16.1. The van der Waals surface area contributed by atoms with Gasteiger partial charge in [-0.2, -0.15) is 5.10 Å². The van der Waals surface area contributed by atoms with Crippen LogP contribution in [0.25, 0.3) is 0 Å². The summed E-state index contributed by atoms with van der Waals surface area (Å²) in [6.45, 7) is 3.20. The number of aryl methyl sites for hydroxylation is 2. The minimum atomic E-state index is -0.00641. The standard InChI is InChI=1S/C13H17N5O/c19-13-8-11-9-14-3-2-12(11)16-18(13)6-1-5-17-7-4-15-10-17/h4,7-8,10,14H,1-3,5-6,9H2. The first-order chi connectivity index (χ1) is 9.33. The van der Waals surface area contributed by atoms with Gasteiger partial charge in [-0.15, -0.1) is 0 Å². The maximum atomic E-state index is 11.9. The van der Waals surface area contributed by atoms with Crippen molar-refractivity contribution < 1.29 is 0 Å². The summed E-state index contributed by atoms with van der Waals surface area (Å²) in [5, 5.41) is 7.72. The van der Waals surface area contributed by atoms with E-state index in [0.29, 0.717) is 6.54 Å². The van der Waals surface area contributed by atoms with Gasteiger partial charge in [-0.05, 0) is 12.0 Å². The summed E-state index contributed by atoms with van der Waals surface area (Å²) in [6, 6.07) is 1.71. The lowest BCUT2D eigenvalue weighted by molar-refractivity contribution is 0.488. The van der Waals surface area contributed by atoms with Crippen LogP contribution in [0.1, 0.15) is 17.7 Å². The highest BCUT2D eigenvalue weighted by Gasteiger charge is 2.12. The Labute approximate surface area is 111 Å². The second kappa shape index (κ2) is 5.36. The number of rotatable bonds is 4. The Hall–Kier alpha value is -1.95. The number of fused-ring (bicyclic) bond motifs is 1. The van der Waals surface area contributed by atoms with Gasteiger partial charge in [0.05, 0.1) is 12.0 Å². The zero-order valence-electron chi connectivity index (χ0n) is 10.7. The second-order valence-electron chi connectivity index (χ2n) is 4.76. The molecule has 3 rings (SSSR count). The molecule has 0 unspecified atom stereocenters. The van der Waals surface area contributed by atoms with Gasteiger partial charge in [-0.1, -0.05) is 0 Å². The number of aromatic nitrogens is 4. The quantitative estimate of drug-likeness (QED) is 0.850. The van der Waals surface area contributed by atoms with E-state index in [1.54, 1.807) is 23.3 Å². The van der Waals surface area contributed by atoms with E-state index < -0.39 is 0 Å². The molecule has 6 nitrogen and oxygen atoms in total. The van der Waals surface area contributed by atoms with E-state index in [1.165, 1.54) is 0 Å². The number of nitrogens with one attached hydrogen (secondary N) is 1. The Morgan fingerprint density at radius 1 is 1.37 bits per heavy atom. The monoisotopic (exact) mass is 259 g/mol. The van der Waals surface area contributed by atoms with Crippen LogP contribution < -0.4 is 10.9 Å². The molecule has 100 valence electrons. The van der Waals surface area contributed by atoms with Crippen LogP contribution in [0.5, 0.6) is 0 Å². The molecule has 2 aromatic heterocycles. The fraction of sp³-hybridized carbons (Fsp3) is 0.462. The molecule has 1 N–H and O–H groups in total. The Morgan fingerprint density at radius 3 is 3.16 bits per heavy atom. The minimum absolute atomic E-state index is 0.00641. The minimum Gasteiger partial charge on any atom is -0.337 e. The third kappa shape index (κ3) is 2.73. The van der Waals surface area contributed by atoms with Crippen molar-refractivity contribution in [2.75, 3.05) is 6.54 Å². The molecule has 0 saturated carbocycles. The summed E-state index contributed by atoms with van der Waals surface area (Å²) in [7, 11) is 0. The molecular weight excluding hydrogens is 242 g/mol. The molecule has 0 fully saturated rings. The Morgan fingerprint density at radius 2 is 2.32 bits per heavy atom. The van der Waals surface area contributed by atoms with Crippen molar-refractivity contribution >= 4 is 0 Å². The summed E-state index contributed by atoms with van der Waals surface area (Å²) in [6.07, 6.45) is 7.25. The van der Waals surface area contributed by atoms with Crippen LogP contribution in [0.4, 0.5) is 0 Å². The van der Waals surface area contributed by atoms with Crippen LogP contribution in [0.15, 0.2) is 29.6 Å². The summed E-state index contributed by atoms with van der Waals surface area (Å²) < 4.78 is 3.59. The Bertz CT molecular complexity index is 602. The van der Waals surface area contributed by atoms with Crippen molar-refractivity contribution in [3.05, 3.63) is 46.4 Å². The average Bonchev–Trinajstić information content (AvgIpc) is 2.92. The summed E-state index contributed by atoms with van der Waals surface area (Å²) in [5.74, 6) is 0. The van der Waals surface area contributed by atoms with Crippen molar-refractivity contribution in [1.82, 2.24) is 24.6 Å². The number of nitrogens with zero attached hydrogens (tertiary/aromatic N) is 4. The molecule has 6 heteroatoms. The SMILES string of the molecule is O=c1cc2c(nn1CCCn1ccnc1)CCNC2. The van der Waals surface area contributed by atoms with E-state index in [2.05, 4.69) is 15.4 Å². The summed E-state index contributed by atoms with van der Waals surface area (Å²) >= 11 is 0. The first kappa shape index (κ1) is 12.1. The molecule has 0 aliphatic carbocycles. The van der Waals surface area contributed by atoms with E-state index >= 15 is 0 Å². The Balaban J connectivity index is 1.69. The number of imidazole rings is 1. The topological polar surface area (TPSA) is 64.7 Å². The smallest absolute Gasteiger partial charge is 0.267 e. The van der Waals surface area contributed by atoms with Gasteiger partial charge in [-0.25, -0.2) is 9.67 Å². The van der Waals surface area contributed by atoms with Gasteiger partial charge >= 0.3 is 0 Å². The van der Waals surface area contributed by atoms with Gasteiger partial charge in [0.2, 0.25) is 0 Å². The second-order valence-corrected chi connectivity index (χ2v) is 4.76. The molecule has 19 heavy (non-hydrogen) atoms. The summed E-state index contributed by atoms with van der Waals surface area (Å²) in [5.41, 5.74) is 2.09. The van der Waals surface area contributed by atoms with Crippen LogP contribution in [-0.4, -0.2) is 25.9 Å². The van der Waals surface area contributed by atoms with E-state index in [-0.39, 0.29) is 5.56 Å². The number of hydrogen-bond donors (Lipinski definition) is 1. The molecule has 1 aliphatic heterocycles. The molecule has 0 radical (unpaired) electrons. The molecule has 0 saturated heterocycles. The van der Waals surface area contributed by atoms with Crippen LogP contribution in [-0.2, 0) is 26.1 Å². The van der Waals surface area contributed by atoms with Gasteiger partial charge in [0.25, 0.3) is 5.56 Å². The molecule has 0 atom stereocenters. The van der Waals surface area contributed by atoms with Crippen molar-refractivity contribution in [2.45, 2.75) is 32.5 Å². The lowest BCUT2D eigenvalue weighted by Gasteiger charge is -2.17. The van der Waals surface area contributed by atoms with E-state index in [1.807, 2.05) is 10.8 Å². The molecule has 2 aromatic rings. The molecule has 0 amide bonds. The van der Waals surface area contributed by atoms with Crippen molar-refractivity contribution in [3.63, 3.8) is 0 Å². The van der Waals surface area contributed by atoms with Gasteiger partial charge in [0, 0.05) is 51.1 Å². The van der Waals surface area contributed by atoms with Gasteiger partial charge in [0.1, 0.15) is 0 Å². The molecule has 0 bridgehead atoms. The third-order valence-electron chi connectivity index (χ3n) is 3.36. The Kier molecular flexibility index (Phi) is 3.41. The van der Waals surface area contributed by atoms with Gasteiger partial charge < -0.3 is 9.88 Å². The first-order valence-electron chi connectivity index (χ1n) is 6.59. The molecule has 1 aliphatic rings. The van der Waals surface area contributed by atoms with Crippen molar-refractivity contribution in [2.24, 2.45) is 0 Å². The fourth-order valence-corrected chi connectivity index (χ4v) is 2.34. The lowest BCUT2D eigenvalue weighted by Crippen LogP contribution is -2.31. The number of hydrogen-bond acceptors (Lipinski definition) is 4. The van der Waals surface area contributed by atoms with E-state index in [4.69, 9.17) is 0 Å². The van der Waals surface area contributed by atoms with E-state index in [0.717, 1.165) is 43.7 Å². The van der Waals surface area contributed by atoms with E-state index in [9.17, 15) is 4.79 Å². The third-order valence-corrected chi connectivity index (χ3v) is 3.36. The lowest BCUT2D eigenvalue weighted by atomic mass is 10.1. The van der Waals surface area contributed by atoms with Crippen LogP contribution in [0, 0.1) is 0 Å². The van der Waals surface area contributed by atoms with Crippen LogP contribution in [0.2, 0.25) is 0 Å². The molecule has 0 spiro atoms. The maximum absolute atomic E-state index is 11.9. The van der Waals surface area contributed by atoms with Crippen LogP contribution >= 0.6 is 0 Å². The molecule has 3 heterocycles. The maximum Gasteiger partial charge on any atom is 0.267 e. The first-order valence-corrected chi connectivity index (χ1v) is 6.59. The van der Waals surface area contributed by atoms with Crippen molar-refractivity contribution in [1.29, 1.82) is 0 Å². The van der Waals surface area contributed by atoms with Gasteiger partial charge in [-0.3, -0.25) is 4.79 Å². The normalized spacial score (nSPS) is 14.3. The molecule has 0 aromatic carbocycles. The largest absolute Gasteiger partial charge is 0.337 e. The van der Waals surface area contributed by atoms with Gasteiger partial charge in [0.15, 0.2) is 0 Å². The average molecular weight is 259 g/mol. The summed E-state index contributed by atoms with van der Waals surface area (Å²) in [4.78, 5) is 15.9.